The lowest BCUT2D eigenvalue weighted by atomic mass is 10.4. The fourth-order valence-electron chi connectivity index (χ4n) is 0.413. The minimum Gasteiger partial charge on any atom is -0.395 e. The molecule has 0 aliphatic carbocycles. The summed E-state index contributed by atoms with van der Waals surface area (Å²) >= 11 is 0. The molecule has 4 nitrogen and oxygen atoms in total. The average Bonchev–Trinajstić information content (AvgIpc) is 2.06. The second kappa shape index (κ2) is 10.8. The molecule has 0 saturated heterocycles. The van der Waals surface area contributed by atoms with Gasteiger partial charge in [-0.2, -0.15) is 0 Å². The van der Waals surface area contributed by atoms with E-state index in [-0.39, 0.29) is 25.3 Å². The number of aliphatic hydroxyl groups is 2. The number of hydrogen-bond acceptors (Lipinski definition) is 4. The van der Waals surface area contributed by atoms with Crippen molar-refractivity contribution in [1.29, 1.82) is 0 Å². The molecule has 0 saturated carbocycles. The number of nitrogens with two attached hydrogens (primary N) is 1. The highest BCUT2D eigenvalue weighted by atomic mass is 16.3. The molecule has 0 amide bonds. The van der Waals surface area contributed by atoms with Gasteiger partial charge in [0.2, 0.25) is 0 Å². The zero-order valence-corrected chi connectivity index (χ0v) is 8.25. The molecule has 0 aromatic carbocycles. The molecule has 0 aromatic rings. The molecule has 0 aliphatic rings. The second-order valence-electron chi connectivity index (χ2n) is 2.80. The predicted octanol–water partition coefficient (Wildman–Crippen LogP) is -0.697. The van der Waals surface area contributed by atoms with Crippen LogP contribution in [0.2, 0.25) is 0 Å². The Bertz CT molecular complexity index is 79.5. The van der Waals surface area contributed by atoms with Crippen LogP contribution in [0.3, 0.4) is 0 Å². The summed E-state index contributed by atoms with van der Waals surface area (Å²) in [6.07, 6.45) is 0. The van der Waals surface area contributed by atoms with E-state index in [1.54, 1.807) is 6.92 Å². The number of hydrogen-bond donors (Lipinski definition) is 4. The van der Waals surface area contributed by atoms with E-state index in [0.29, 0.717) is 0 Å². The van der Waals surface area contributed by atoms with Crippen LogP contribution >= 0.6 is 0 Å². The number of rotatable bonds is 4. The summed E-state index contributed by atoms with van der Waals surface area (Å²) in [7, 11) is 0. The van der Waals surface area contributed by atoms with Crippen LogP contribution in [0.15, 0.2) is 0 Å². The lowest BCUT2D eigenvalue weighted by Crippen LogP contribution is -2.28. The molecule has 5 N–H and O–H groups in total. The fraction of sp³-hybridized carbons (Fsp3) is 1.00. The average molecular weight is 178 g/mol. The van der Waals surface area contributed by atoms with Crippen molar-refractivity contribution < 1.29 is 10.2 Å². The second-order valence-corrected chi connectivity index (χ2v) is 2.80. The summed E-state index contributed by atoms with van der Waals surface area (Å²) in [5, 5.41) is 19.5. The van der Waals surface area contributed by atoms with Gasteiger partial charge in [-0.25, -0.2) is 0 Å². The molecule has 76 valence electrons. The lowest BCUT2D eigenvalue weighted by Gasteiger charge is -2.05. The van der Waals surface area contributed by atoms with Crippen molar-refractivity contribution >= 4 is 0 Å². The third kappa shape index (κ3) is 16.4. The van der Waals surface area contributed by atoms with Crippen molar-refractivity contribution in [2.45, 2.75) is 32.9 Å². The molecular formula is C8H22N2O2. The van der Waals surface area contributed by atoms with Crippen LogP contribution in [0.1, 0.15) is 20.8 Å². The molecule has 4 heteroatoms. The van der Waals surface area contributed by atoms with Crippen LogP contribution in [-0.4, -0.2) is 42.1 Å². The minimum atomic E-state index is -0.0602. The first-order valence-electron chi connectivity index (χ1n) is 4.29. The smallest absolute Gasteiger partial charge is 0.0581 e. The van der Waals surface area contributed by atoms with E-state index in [1.807, 2.05) is 13.8 Å². The molecule has 0 rings (SSSR count). The van der Waals surface area contributed by atoms with Crippen LogP contribution in [0, 0.1) is 0 Å². The number of aliphatic hydroxyl groups excluding tert-OH is 2. The van der Waals surface area contributed by atoms with Crippen LogP contribution in [-0.2, 0) is 0 Å². The third-order valence-corrected chi connectivity index (χ3v) is 1.11. The summed E-state index contributed by atoms with van der Waals surface area (Å²) < 4.78 is 0. The van der Waals surface area contributed by atoms with Crippen molar-refractivity contribution in [1.82, 2.24) is 5.32 Å². The normalized spacial score (nSPS) is 14.5. The monoisotopic (exact) mass is 178 g/mol. The van der Waals surface area contributed by atoms with Gasteiger partial charge in [-0.05, 0) is 20.4 Å². The predicted molar refractivity (Wildman–Crippen MR) is 51.0 cm³/mol. The molecular weight excluding hydrogens is 156 g/mol. The molecule has 0 bridgehead atoms. The van der Waals surface area contributed by atoms with E-state index in [2.05, 4.69) is 5.32 Å². The molecule has 0 fully saturated rings. The maximum atomic E-state index is 8.40. The van der Waals surface area contributed by atoms with Gasteiger partial charge in [0.05, 0.1) is 13.2 Å². The van der Waals surface area contributed by atoms with Crippen LogP contribution in [0.25, 0.3) is 0 Å². The highest BCUT2D eigenvalue weighted by molar-refractivity contribution is 4.53. The number of nitrogens with one attached hydrogen (secondary N) is 1. The fourth-order valence-corrected chi connectivity index (χ4v) is 0.413. The van der Waals surface area contributed by atoms with Gasteiger partial charge in [0.1, 0.15) is 0 Å². The van der Waals surface area contributed by atoms with Gasteiger partial charge in [0.15, 0.2) is 0 Å². The van der Waals surface area contributed by atoms with Crippen molar-refractivity contribution in [2.75, 3.05) is 19.8 Å². The summed E-state index contributed by atoms with van der Waals surface area (Å²) in [5.74, 6) is 0. The van der Waals surface area contributed by atoms with Crippen LogP contribution in [0.4, 0.5) is 0 Å². The standard InChI is InChI=1S/C5H13NO.C3H9NO/c1-3-6-5(2)4-7;1-3(4)2-5/h5-7H,3-4H2,1-2H3;3,5H,2,4H2,1H3/t5-;3-/m00/s1. The van der Waals surface area contributed by atoms with Crippen molar-refractivity contribution in [2.24, 2.45) is 5.73 Å². The van der Waals surface area contributed by atoms with Crippen LogP contribution in [0.5, 0.6) is 0 Å². The summed E-state index contributed by atoms with van der Waals surface area (Å²) in [5.41, 5.74) is 5.04. The van der Waals surface area contributed by atoms with Crippen molar-refractivity contribution in [3.05, 3.63) is 0 Å². The van der Waals surface area contributed by atoms with Gasteiger partial charge in [-0.1, -0.05) is 6.92 Å². The molecule has 12 heavy (non-hydrogen) atoms. The van der Waals surface area contributed by atoms with Crippen molar-refractivity contribution in [3.63, 3.8) is 0 Å². The van der Waals surface area contributed by atoms with E-state index in [4.69, 9.17) is 15.9 Å². The van der Waals surface area contributed by atoms with Gasteiger partial charge < -0.3 is 21.3 Å². The number of likely N-dealkylation sites (N-methyl/N-ethyl adjacent to an activating group) is 1. The van der Waals surface area contributed by atoms with Gasteiger partial charge in [0.25, 0.3) is 0 Å². The Hall–Kier alpha value is -0.160. The Morgan fingerprint density at radius 2 is 1.67 bits per heavy atom. The first-order valence-corrected chi connectivity index (χ1v) is 4.29. The Labute approximate surface area is 74.8 Å². The largest absolute Gasteiger partial charge is 0.395 e. The molecule has 0 spiro atoms. The molecule has 0 radical (unpaired) electrons. The van der Waals surface area contributed by atoms with E-state index < -0.39 is 0 Å². The van der Waals surface area contributed by atoms with E-state index >= 15 is 0 Å². The Morgan fingerprint density at radius 3 is 1.75 bits per heavy atom. The molecule has 0 aliphatic heterocycles. The first-order chi connectivity index (χ1) is 5.58. The van der Waals surface area contributed by atoms with Gasteiger partial charge in [-0.3, -0.25) is 0 Å². The first kappa shape index (κ1) is 14.4. The third-order valence-electron chi connectivity index (χ3n) is 1.11. The molecule has 2 atom stereocenters. The maximum Gasteiger partial charge on any atom is 0.0581 e. The zero-order valence-electron chi connectivity index (χ0n) is 8.25. The van der Waals surface area contributed by atoms with Crippen molar-refractivity contribution in [3.8, 4) is 0 Å². The summed E-state index contributed by atoms with van der Waals surface area (Å²) in [4.78, 5) is 0. The highest BCUT2D eigenvalue weighted by Gasteiger charge is 1.91. The molecule has 0 unspecified atom stereocenters. The van der Waals surface area contributed by atoms with Gasteiger partial charge in [-0.15, -0.1) is 0 Å². The summed E-state index contributed by atoms with van der Waals surface area (Å²) in [6.45, 7) is 6.96. The van der Waals surface area contributed by atoms with E-state index in [1.165, 1.54) is 0 Å². The summed E-state index contributed by atoms with van der Waals surface area (Å²) in [6, 6.07) is 0.194. The van der Waals surface area contributed by atoms with Gasteiger partial charge in [0, 0.05) is 12.1 Å². The Morgan fingerprint density at radius 1 is 1.25 bits per heavy atom. The molecule has 0 aromatic heterocycles. The van der Waals surface area contributed by atoms with Gasteiger partial charge >= 0.3 is 0 Å². The van der Waals surface area contributed by atoms with E-state index in [0.717, 1.165) is 6.54 Å². The van der Waals surface area contributed by atoms with Crippen LogP contribution < -0.4 is 11.1 Å². The Kier molecular flexibility index (Phi) is 13.0. The Balaban J connectivity index is 0. The minimum absolute atomic E-state index is 0.0602. The zero-order chi connectivity index (χ0) is 9.98. The quantitative estimate of drug-likeness (QED) is 0.459. The SMILES string of the molecule is CCN[C@@H](C)CO.C[C@H](N)CO. The topological polar surface area (TPSA) is 78.5 Å². The highest BCUT2D eigenvalue weighted by Crippen LogP contribution is 1.73. The maximum absolute atomic E-state index is 8.40. The lowest BCUT2D eigenvalue weighted by molar-refractivity contribution is 0.253. The molecule has 0 heterocycles. The van der Waals surface area contributed by atoms with E-state index in [9.17, 15) is 0 Å².